The number of amidine groups is 1. The smallest absolute Gasteiger partial charge is 0.332 e. The molecule has 2 aromatic rings. The average molecular weight is 441 g/mol. The SMILES string of the molecule is CS/C(NCc1ccc(-n2cccn2)cc1)=C1/C(=N)N(CC(C)(C)C)C(=O)N(C)C1=O. The Morgan fingerprint density at radius 1 is 1.19 bits per heavy atom. The lowest BCUT2D eigenvalue weighted by atomic mass is 9.95. The van der Waals surface area contributed by atoms with Gasteiger partial charge in [-0.1, -0.05) is 32.9 Å². The summed E-state index contributed by atoms with van der Waals surface area (Å²) in [7, 11) is 1.46. The third-order valence-corrected chi connectivity index (χ3v) is 5.52. The number of imide groups is 1. The molecule has 1 aromatic carbocycles. The normalized spacial score (nSPS) is 16.7. The van der Waals surface area contributed by atoms with Crippen molar-refractivity contribution in [1.29, 1.82) is 5.41 Å². The molecule has 1 aliphatic heterocycles. The van der Waals surface area contributed by atoms with E-state index in [0.717, 1.165) is 16.2 Å². The summed E-state index contributed by atoms with van der Waals surface area (Å²) in [6.07, 6.45) is 5.46. The maximum atomic E-state index is 12.9. The molecule has 0 atom stereocenters. The Morgan fingerprint density at radius 3 is 2.42 bits per heavy atom. The van der Waals surface area contributed by atoms with Crippen molar-refractivity contribution >= 4 is 29.5 Å². The summed E-state index contributed by atoms with van der Waals surface area (Å²) in [5.74, 6) is -0.528. The topological polar surface area (TPSA) is 94.3 Å². The number of urea groups is 1. The molecule has 1 fully saturated rings. The van der Waals surface area contributed by atoms with Crippen molar-refractivity contribution in [2.24, 2.45) is 5.41 Å². The first kappa shape index (κ1) is 22.6. The molecular weight excluding hydrogens is 412 g/mol. The van der Waals surface area contributed by atoms with Gasteiger partial charge in [0.05, 0.1) is 10.7 Å². The number of rotatable bonds is 6. The highest BCUT2D eigenvalue weighted by Gasteiger charge is 2.40. The number of thioether (sulfide) groups is 1. The van der Waals surface area contributed by atoms with E-state index in [1.807, 2.05) is 63.6 Å². The van der Waals surface area contributed by atoms with Crippen molar-refractivity contribution < 1.29 is 9.59 Å². The van der Waals surface area contributed by atoms with Crippen LogP contribution in [-0.4, -0.2) is 57.2 Å². The highest BCUT2D eigenvalue weighted by Crippen LogP contribution is 2.27. The molecule has 3 amide bonds. The number of aromatic nitrogens is 2. The number of hydrogen-bond acceptors (Lipinski definition) is 6. The maximum absolute atomic E-state index is 12.9. The van der Waals surface area contributed by atoms with Gasteiger partial charge in [0.15, 0.2) is 0 Å². The van der Waals surface area contributed by atoms with Crippen LogP contribution >= 0.6 is 11.8 Å². The lowest BCUT2D eigenvalue weighted by molar-refractivity contribution is -0.123. The van der Waals surface area contributed by atoms with Crippen LogP contribution in [0.4, 0.5) is 4.79 Å². The van der Waals surface area contributed by atoms with Gasteiger partial charge in [-0.2, -0.15) is 5.10 Å². The molecule has 0 spiro atoms. The van der Waals surface area contributed by atoms with Crippen molar-refractivity contribution in [2.75, 3.05) is 19.8 Å². The molecule has 1 aliphatic rings. The number of benzene rings is 1. The van der Waals surface area contributed by atoms with E-state index >= 15 is 0 Å². The number of carbonyl (C=O) groups excluding carboxylic acids is 2. The molecule has 0 radical (unpaired) electrons. The van der Waals surface area contributed by atoms with E-state index in [-0.39, 0.29) is 16.8 Å². The Hall–Kier alpha value is -3.07. The summed E-state index contributed by atoms with van der Waals surface area (Å²) in [5, 5.41) is 16.7. The zero-order chi connectivity index (χ0) is 22.8. The third kappa shape index (κ3) is 4.99. The van der Waals surface area contributed by atoms with Crippen LogP contribution in [0.3, 0.4) is 0 Å². The summed E-state index contributed by atoms with van der Waals surface area (Å²) < 4.78 is 1.78. The molecule has 1 saturated heterocycles. The van der Waals surface area contributed by atoms with E-state index in [1.165, 1.54) is 23.7 Å². The van der Waals surface area contributed by atoms with Crippen LogP contribution < -0.4 is 5.32 Å². The summed E-state index contributed by atoms with van der Waals surface area (Å²) in [6.45, 7) is 6.81. The second kappa shape index (κ2) is 8.97. The van der Waals surface area contributed by atoms with E-state index in [1.54, 1.807) is 10.9 Å². The average Bonchev–Trinajstić information content (AvgIpc) is 3.27. The van der Waals surface area contributed by atoms with Gasteiger partial charge in [-0.15, -0.1) is 11.8 Å². The lowest BCUT2D eigenvalue weighted by Gasteiger charge is -2.37. The van der Waals surface area contributed by atoms with Crippen molar-refractivity contribution in [2.45, 2.75) is 27.3 Å². The second-order valence-corrected chi connectivity index (χ2v) is 9.34. The second-order valence-electron chi connectivity index (χ2n) is 8.52. The molecule has 0 saturated carbocycles. The van der Waals surface area contributed by atoms with Crippen LogP contribution in [0.2, 0.25) is 0 Å². The molecule has 0 aliphatic carbocycles. The summed E-state index contributed by atoms with van der Waals surface area (Å²) in [4.78, 5) is 27.9. The highest BCUT2D eigenvalue weighted by molar-refractivity contribution is 8.02. The van der Waals surface area contributed by atoms with E-state index in [9.17, 15) is 9.59 Å². The number of nitrogens with one attached hydrogen (secondary N) is 2. The number of nitrogens with zero attached hydrogens (tertiary/aromatic N) is 4. The predicted molar refractivity (Wildman–Crippen MR) is 123 cm³/mol. The molecule has 3 rings (SSSR count). The van der Waals surface area contributed by atoms with Crippen molar-refractivity contribution in [3.8, 4) is 5.69 Å². The Kier molecular flexibility index (Phi) is 6.54. The first-order chi connectivity index (χ1) is 14.6. The Bertz CT molecular complexity index is 1010. The zero-order valence-corrected chi connectivity index (χ0v) is 19.3. The van der Waals surface area contributed by atoms with Gasteiger partial charge < -0.3 is 5.32 Å². The minimum absolute atomic E-state index is 0.0612. The molecule has 0 unspecified atom stereocenters. The van der Waals surface area contributed by atoms with E-state index in [0.29, 0.717) is 18.1 Å². The number of hydrogen-bond donors (Lipinski definition) is 2. The van der Waals surface area contributed by atoms with Gasteiger partial charge in [-0.25, -0.2) is 9.48 Å². The lowest BCUT2D eigenvalue weighted by Crippen LogP contribution is -2.57. The summed E-state index contributed by atoms with van der Waals surface area (Å²) >= 11 is 1.36. The van der Waals surface area contributed by atoms with Gasteiger partial charge in [-0.05, 0) is 35.4 Å². The standard InChI is InChI=1S/C22H28N6O2S/c1-22(2,3)14-27-18(23)17(20(29)26(4)21(27)30)19(31-5)24-13-15-7-9-16(10-8-15)28-12-6-11-25-28/h6-12,23-24H,13-14H2,1-5H3/b19-17-,23-18?. The molecule has 1 aromatic heterocycles. The Morgan fingerprint density at radius 2 is 1.87 bits per heavy atom. The van der Waals surface area contributed by atoms with Gasteiger partial charge >= 0.3 is 6.03 Å². The third-order valence-electron chi connectivity index (χ3n) is 4.77. The van der Waals surface area contributed by atoms with Gasteiger partial charge in [0, 0.05) is 32.5 Å². The largest absolute Gasteiger partial charge is 0.375 e. The van der Waals surface area contributed by atoms with E-state index in [2.05, 4.69) is 10.4 Å². The first-order valence-corrected chi connectivity index (χ1v) is 11.1. The summed E-state index contributed by atoms with van der Waals surface area (Å²) in [6, 6.07) is 9.32. The quantitative estimate of drug-likeness (QED) is 0.671. The molecule has 31 heavy (non-hydrogen) atoms. The highest BCUT2D eigenvalue weighted by atomic mass is 32.2. The number of likely N-dealkylation sites (N-methyl/N-ethyl adjacent to an activating group) is 1. The fraction of sp³-hybridized carbons (Fsp3) is 0.364. The van der Waals surface area contributed by atoms with Crippen LogP contribution in [0.5, 0.6) is 0 Å². The Labute approximate surface area is 186 Å². The molecule has 164 valence electrons. The first-order valence-electron chi connectivity index (χ1n) is 9.92. The van der Waals surface area contributed by atoms with Crippen molar-refractivity contribution in [1.82, 2.24) is 24.9 Å². The molecule has 0 bridgehead atoms. The van der Waals surface area contributed by atoms with Crippen molar-refractivity contribution in [3.05, 3.63) is 58.9 Å². The van der Waals surface area contributed by atoms with E-state index < -0.39 is 11.9 Å². The fourth-order valence-electron chi connectivity index (χ4n) is 3.23. The minimum Gasteiger partial charge on any atom is -0.375 e. The van der Waals surface area contributed by atoms with Crippen LogP contribution in [0.1, 0.15) is 26.3 Å². The number of amides is 3. The van der Waals surface area contributed by atoms with E-state index in [4.69, 9.17) is 5.41 Å². The van der Waals surface area contributed by atoms with Crippen LogP contribution in [0, 0.1) is 10.8 Å². The monoisotopic (exact) mass is 440 g/mol. The van der Waals surface area contributed by atoms with Crippen LogP contribution in [0.15, 0.2) is 53.3 Å². The van der Waals surface area contributed by atoms with Gasteiger partial charge in [-0.3, -0.25) is 20.0 Å². The number of carbonyl (C=O) groups is 2. The van der Waals surface area contributed by atoms with Crippen LogP contribution in [-0.2, 0) is 11.3 Å². The predicted octanol–water partition coefficient (Wildman–Crippen LogP) is 3.45. The van der Waals surface area contributed by atoms with Crippen LogP contribution in [0.25, 0.3) is 5.69 Å². The van der Waals surface area contributed by atoms with Crippen molar-refractivity contribution in [3.63, 3.8) is 0 Å². The minimum atomic E-state index is -0.469. The van der Waals surface area contributed by atoms with Gasteiger partial charge in [0.1, 0.15) is 11.4 Å². The Balaban J connectivity index is 1.82. The summed E-state index contributed by atoms with van der Waals surface area (Å²) in [5.41, 5.74) is 1.98. The molecule has 9 heteroatoms. The molecule has 2 N–H and O–H groups in total. The fourth-order valence-corrected chi connectivity index (χ4v) is 3.83. The molecule has 8 nitrogen and oxygen atoms in total. The molecule has 2 heterocycles. The zero-order valence-electron chi connectivity index (χ0n) is 18.5. The van der Waals surface area contributed by atoms with Gasteiger partial charge in [0.2, 0.25) is 0 Å². The molecular formula is C22H28N6O2S. The van der Waals surface area contributed by atoms with Gasteiger partial charge in [0.25, 0.3) is 5.91 Å². The maximum Gasteiger partial charge on any atom is 0.332 e.